The average molecular weight is 1550 g/mol. The number of Topliss-reactive ketones (excluding diaryl/α,β-unsaturated/α-hetero) is 1. The smallest absolute Gasteiger partial charge is 0.553 e. The second-order valence-corrected chi connectivity index (χ2v) is 20.9. The van der Waals surface area contributed by atoms with E-state index in [1.54, 1.807) is 0 Å². The second-order valence-electron chi connectivity index (χ2n) is 20.3. The van der Waals surface area contributed by atoms with Gasteiger partial charge in [0.2, 0.25) is 0 Å². The van der Waals surface area contributed by atoms with Crippen LogP contribution in [0.3, 0.4) is 0 Å². The number of hydrogen-bond acceptors (Lipinski definition) is 13. The van der Waals surface area contributed by atoms with E-state index >= 15 is 0 Å². The van der Waals surface area contributed by atoms with Crippen LogP contribution in [0.5, 0.6) is 0 Å². The first-order chi connectivity index (χ1) is 52.6. The fourth-order valence-electron chi connectivity index (χ4n) is 6.46. The quantitative estimate of drug-likeness (QED) is 0.00646. The maximum Gasteiger partial charge on any atom is 1.00 e. The monoisotopic (exact) mass is 1540 g/mol. The molecule has 0 aromatic rings. The molecule has 0 aromatic carbocycles. The first-order valence-corrected chi connectivity index (χ1v) is 36.6. The molecule has 14 nitrogen and oxygen atoms in total. The molecule has 0 aliphatic heterocycles. The molecular weight excluding hydrogens is 1430 g/mol. The van der Waals surface area contributed by atoms with Crippen LogP contribution >= 0.6 is 15.9 Å². The Hall–Kier alpha value is -9.12. The summed E-state index contributed by atoms with van der Waals surface area (Å²) in [6.07, 6.45) is 76.3. The predicted octanol–water partition coefficient (Wildman–Crippen LogP) is 13.2. The molecule has 0 aliphatic rings. The molecule has 0 aromatic heterocycles. The molecule has 0 atom stereocenters. The summed E-state index contributed by atoms with van der Waals surface area (Å²) in [5, 5.41) is 49.5. The summed E-state index contributed by atoms with van der Waals surface area (Å²) in [5.74, 6) is 69.4. The van der Waals surface area contributed by atoms with Crippen molar-refractivity contribution in [3.8, 4) is 143 Å². The molecule has 0 saturated carbocycles. The van der Waals surface area contributed by atoms with Crippen LogP contribution in [0.2, 0.25) is 0 Å². The summed E-state index contributed by atoms with van der Waals surface area (Å²) < 4.78 is 13.7. The number of aliphatic hydroxyl groups is 5. The third kappa shape index (κ3) is 124. The minimum absolute atomic E-state index is 0. The number of nitrogens with one attached hydrogen (secondary N) is 1. The van der Waals surface area contributed by atoms with Gasteiger partial charge in [0.25, 0.3) is 0 Å². The Kier molecular flexibility index (Phi) is 118. The Morgan fingerprint density at radius 3 is 0.741 bits per heavy atom. The molecule has 0 unspecified atom stereocenters. The van der Waals surface area contributed by atoms with Crippen LogP contribution in [0.4, 0.5) is 0 Å². The normalized spacial score (nSPS) is 9.80. The van der Waals surface area contributed by atoms with Gasteiger partial charge in [-0.2, -0.15) is 0 Å². The van der Waals surface area contributed by atoms with Crippen molar-refractivity contribution in [2.45, 2.75) is 199 Å². The second kappa shape index (κ2) is 114. The predicted molar refractivity (Wildman–Crippen MR) is 444 cm³/mol. The summed E-state index contributed by atoms with van der Waals surface area (Å²) in [6.45, 7) is 0.257. The zero-order valence-electron chi connectivity index (χ0n) is 64.5. The molecular formula is C92H115BrNNaO13. The molecule has 0 amide bonds. The van der Waals surface area contributed by atoms with E-state index in [1.165, 1.54) is 21.3 Å². The maximum atomic E-state index is 10.9. The first kappa shape index (κ1) is 112. The van der Waals surface area contributed by atoms with Gasteiger partial charge in [-0.25, -0.2) is 0 Å². The number of hydrogen-bond donors (Lipinski definition) is 6. The Balaban J connectivity index is -0.000000240. The van der Waals surface area contributed by atoms with Crippen LogP contribution in [-0.4, -0.2) is 114 Å². The van der Waals surface area contributed by atoms with E-state index in [4.69, 9.17) is 43.1 Å². The molecule has 0 radical (unpaired) electrons. The zero-order chi connectivity index (χ0) is 79.8. The largest absolute Gasteiger partial charge is 1.00 e. The number of ether oxygens (including phenoxy) is 3. The number of rotatable bonds is 37. The number of aliphatic hydroxyl groups excluding tert-OH is 5. The van der Waals surface area contributed by atoms with Gasteiger partial charge < -0.3 is 50.8 Å². The minimum atomic E-state index is -0.395. The Morgan fingerprint density at radius 1 is 0.296 bits per heavy atom. The Bertz CT molecular complexity index is 3350. The van der Waals surface area contributed by atoms with Crippen molar-refractivity contribution in [3.63, 3.8) is 0 Å². The fourth-order valence-corrected chi connectivity index (χ4v) is 6.66. The van der Waals surface area contributed by atoms with Crippen LogP contribution in [0, 0.1) is 143 Å². The van der Waals surface area contributed by atoms with Gasteiger partial charge in [0.05, 0.1) is 104 Å². The number of halogens is 1. The van der Waals surface area contributed by atoms with Crippen LogP contribution in [-0.2, 0) is 33.4 Å². The minimum Gasteiger partial charge on any atom is -0.553 e. The van der Waals surface area contributed by atoms with Gasteiger partial charge in [-0.1, -0.05) is 286 Å². The molecule has 108 heavy (non-hydrogen) atoms. The standard InChI is InChI=1S/2C23H34O3.C23H22O3.C13H13BrO2.C10H10O.H2NO.Na/c3*1-26-23(25)21-19-17-15-13-11-9-7-5-3-2-4-6-8-10-12-14-16-18-20-22-24;14-11-9-7-5-3-1-2-4-6-8-10-13(16)12-15;1-2-3-4-5-6-7-8-9-10-11;1-2;/h2*3-6,9-12,15-18,24H,2,7-8,13-14,19-22H2,1H3;24H,2,7-8,13-14,19-22H2,1H3;15H,2,5,8,10-12H2;1,11H,3,6,9-10H2;1-2H;/q;;;;;-1;+1/b2*5-3-,6-4-,11-9-,12-10-,17-15-,18-16-;;;;;. The van der Waals surface area contributed by atoms with Crippen molar-refractivity contribution < 1.29 is 93.7 Å². The fraction of sp³-hybridized carbons (Fsp3) is 0.435. The molecule has 7 N–H and O–H groups in total. The number of alkyl halides is 1. The van der Waals surface area contributed by atoms with Crippen LogP contribution in [0.15, 0.2) is 146 Å². The molecule has 0 saturated heterocycles. The molecule has 0 heterocycles. The summed E-state index contributed by atoms with van der Waals surface area (Å²) in [4.78, 5) is 43.3. The van der Waals surface area contributed by atoms with E-state index < -0.39 is 6.61 Å². The number of methoxy groups -OCH3 is 3. The van der Waals surface area contributed by atoms with Gasteiger partial charge in [-0.3, -0.25) is 19.2 Å². The number of allylic oxidation sites excluding steroid dienone is 22. The van der Waals surface area contributed by atoms with Crippen molar-refractivity contribution in [1.82, 2.24) is 0 Å². The molecule has 0 fully saturated rings. The zero-order valence-corrected chi connectivity index (χ0v) is 68.1. The SMILES string of the molecule is C#CCC#CCC#CCCO.COC(=O)CC/C=C\C/C=C\C/C=C\C/C=C\C/C=C\C/C=C\CCO.COC(=O)CC/C=C\C/C=C\C/C=C\C/C=C\C/C=C\C/C=C\CCO.COC(=O)CCC#CCC#CCC#CCC#CCC#CCC#CCCO.O=C(CO)CCC#CCC#CCC#CCBr.[NH-]O.[Na+]. The molecule has 0 rings (SSSR count). The van der Waals surface area contributed by atoms with Gasteiger partial charge in [-0.15, -0.1) is 18.3 Å². The van der Waals surface area contributed by atoms with Crippen molar-refractivity contribution in [2.24, 2.45) is 0 Å². The van der Waals surface area contributed by atoms with Crippen molar-refractivity contribution in [3.05, 3.63) is 152 Å². The third-order valence-electron chi connectivity index (χ3n) is 11.7. The number of ketones is 1. The Morgan fingerprint density at radius 2 is 0.509 bits per heavy atom. The topological polar surface area (TPSA) is 241 Å². The molecule has 0 aliphatic carbocycles. The Labute approximate surface area is 681 Å². The van der Waals surface area contributed by atoms with E-state index in [0.29, 0.717) is 114 Å². The number of carbonyl (C=O) groups excluding carboxylic acids is 4. The van der Waals surface area contributed by atoms with Crippen molar-refractivity contribution in [2.75, 3.05) is 59.7 Å². The van der Waals surface area contributed by atoms with Gasteiger partial charge >= 0.3 is 47.5 Å². The summed E-state index contributed by atoms with van der Waals surface area (Å²) >= 11 is 3.19. The van der Waals surface area contributed by atoms with E-state index in [0.717, 1.165) is 89.9 Å². The number of carbonyl (C=O) groups is 4. The van der Waals surface area contributed by atoms with Crippen molar-refractivity contribution in [1.29, 1.82) is 0 Å². The van der Waals surface area contributed by atoms with E-state index in [9.17, 15) is 19.2 Å². The molecule has 16 heteroatoms. The van der Waals surface area contributed by atoms with Crippen LogP contribution < -0.4 is 29.6 Å². The van der Waals surface area contributed by atoms with Gasteiger partial charge in [0, 0.05) is 58.2 Å². The van der Waals surface area contributed by atoms with E-state index in [2.05, 4.69) is 288 Å². The summed E-state index contributed by atoms with van der Waals surface area (Å²) in [7, 11) is 4.19. The van der Waals surface area contributed by atoms with Crippen LogP contribution in [0.1, 0.15) is 199 Å². The molecule has 0 spiro atoms. The number of terminal acetylenes is 1. The summed E-state index contributed by atoms with van der Waals surface area (Å²) in [5.41, 5.74) is 0. The summed E-state index contributed by atoms with van der Waals surface area (Å²) in [6, 6.07) is 0. The average Bonchev–Trinajstić information content (AvgIpc) is 3.90. The van der Waals surface area contributed by atoms with Gasteiger partial charge in [-0.05, 0) is 89.9 Å². The third-order valence-corrected chi connectivity index (χ3v) is 12.0. The van der Waals surface area contributed by atoms with Gasteiger partial charge in [0.15, 0.2) is 5.78 Å². The molecule has 0 bridgehead atoms. The van der Waals surface area contributed by atoms with E-state index in [-0.39, 0.29) is 79.7 Å². The van der Waals surface area contributed by atoms with Crippen molar-refractivity contribution >= 4 is 39.6 Å². The van der Waals surface area contributed by atoms with Crippen LogP contribution in [0.25, 0.3) is 5.90 Å². The first-order valence-electron chi connectivity index (χ1n) is 35.5. The number of esters is 3. The van der Waals surface area contributed by atoms with Gasteiger partial charge in [0.1, 0.15) is 6.61 Å². The maximum absolute atomic E-state index is 10.9. The molecule has 574 valence electrons. The van der Waals surface area contributed by atoms with E-state index in [1.807, 2.05) is 24.3 Å².